The van der Waals surface area contributed by atoms with E-state index < -0.39 is 21.6 Å². The molecule has 30 heavy (non-hydrogen) atoms. The highest BCUT2D eigenvalue weighted by Gasteiger charge is 2.30. The molecular weight excluding hydrogens is 430 g/mol. The Balaban J connectivity index is 1.64. The summed E-state index contributed by atoms with van der Waals surface area (Å²) in [5.41, 5.74) is 0.577. The van der Waals surface area contributed by atoms with Crippen LogP contribution in [-0.4, -0.2) is 31.8 Å². The monoisotopic (exact) mass is 447 g/mol. The second kappa shape index (κ2) is 7.86. The smallest absolute Gasteiger partial charge is 0.343 e. The average molecular weight is 448 g/mol. The van der Waals surface area contributed by atoms with Crippen molar-refractivity contribution in [3.05, 3.63) is 69.0 Å². The van der Waals surface area contributed by atoms with Crippen LogP contribution in [0.25, 0.3) is 11.0 Å². The molecule has 4 rings (SSSR count). The molecule has 0 radical (unpaired) electrons. The van der Waals surface area contributed by atoms with Crippen molar-refractivity contribution in [2.45, 2.75) is 24.7 Å². The maximum atomic E-state index is 12.8. The van der Waals surface area contributed by atoms with E-state index in [0.29, 0.717) is 18.7 Å². The van der Waals surface area contributed by atoms with Gasteiger partial charge in [0.2, 0.25) is 10.0 Å². The van der Waals surface area contributed by atoms with Crippen LogP contribution in [0.4, 0.5) is 0 Å². The van der Waals surface area contributed by atoms with E-state index in [-0.39, 0.29) is 21.2 Å². The van der Waals surface area contributed by atoms with Crippen LogP contribution >= 0.6 is 11.6 Å². The second-order valence-corrected chi connectivity index (χ2v) is 9.37. The lowest BCUT2D eigenvalue weighted by molar-refractivity contribution is 0.0734. The van der Waals surface area contributed by atoms with Crippen LogP contribution in [0.3, 0.4) is 0 Å². The summed E-state index contributed by atoms with van der Waals surface area (Å²) < 4.78 is 37.6. The standard InChI is InChI=1S/C21H18ClNO6S/c1-13-10-20(24)29-18-12-15(5-6-16(13)18)28-21(25)14-4-7-17(22)19(11-14)30(26,27)23-8-2-3-9-23/h4-7,10-12H,2-3,8-9H2,1H3. The Labute approximate surface area is 177 Å². The van der Waals surface area contributed by atoms with Gasteiger partial charge in [-0.3, -0.25) is 0 Å². The molecule has 0 unspecified atom stereocenters. The number of benzene rings is 2. The van der Waals surface area contributed by atoms with E-state index in [2.05, 4.69) is 0 Å². The molecule has 0 bridgehead atoms. The Morgan fingerprint density at radius 2 is 1.83 bits per heavy atom. The van der Waals surface area contributed by atoms with Crippen molar-refractivity contribution < 1.29 is 22.4 Å². The molecule has 0 atom stereocenters. The van der Waals surface area contributed by atoms with Gasteiger partial charge in [0.1, 0.15) is 16.2 Å². The fourth-order valence-corrected chi connectivity index (χ4v) is 5.45. The van der Waals surface area contributed by atoms with Gasteiger partial charge in [0.15, 0.2) is 0 Å². The fraction of sp³-hybridized carbons (Fsp3) is 0.238. The third-order valence-electron chi connectivity index (χ3n) is 4.98. The van der Waals surface area contributed by atoms with Gasteiger partial charge in [-0.25, -0.2) is 18.0 Å². The van der Waals surface area contributed by atoms with E-state index in [4.69, 9.17) is 20.8 Å². The van der Waals surface area contributed by atoms with Crippen LogP contribution in [0.1, 0.15) is 28.8 Å². The van der Waals surface area contributed by atoms with Crippen molar-refractivity contribution in [3.8, 4) is 5.75 Å². The number of carbonyl (C=O) groups is 1. The molecule has 0 saturated carbocycles. The summed E-state index contributed by atoms with van der Waals surface area (Å²) in [6, 6.07) is 10.1. The molecule has 2 heterocycles. The molecule has 1 saturated heterocycles. The second-order valence-electron chi connectivity index (χ2n) is 7.05. The van der Waals surface area contributed by atoms with Crippen molar-refractivity contribution in [3.63, 3.8) is 0 Å². The molecule has 1 aromatic heterocycles. The highest BCUT2D eigenvalue weighted by Crippen LogP contribution is 2.29. The molecule has 0 N–H and O–H groups in total. The molecule has 1 fully saturated rings. The molecule has 156 valence electrons. The van der Waals surface area contributed by atoms with Gasteiger partial charge in [-0.15, -0.1) is 0 Å². The number of fused-ring (bicyclic) bond motifs is 1. The fourth-order valence-electron chi connectivity index (χ4n) is 3.43. The molecule has 9 heteroatoms. The molecule has 1 aliphatic rings. The zero-order chi connectivity index (χ0) is 21.5. The predicted octanol–water partition coefficient (Wildman–Crippen LogP) is 3.76. The maximum absolute atomic E-state index is 12.8. The highest BCUT2D eigenvalue weighted by atomic mass is 35.5. The van der Waals surface area contributed by atoms with Crippen molar-refractivity contribution in [1.82, 2.24) is 4.31 Å². The van der Waals surface area contributed by atoms with Gasteiger partial charge in [-0.1, -0.05) is 11.6 Å². The summed E-state index contributed by atoms with van der Waals surface area (Å²) in [6.45, 7) is 2.63. The first-order valence-corrected chi connectivity index (χ1v) is 11.1. The van der Waals surface area contributed by atoms with Crippen LogP contribution < -0.4 is 10.4 Å². The maximum Gasteiger partial charge on any atom is 0.343 e. The summed E-state index contributed by atoms with van der Waals surface area (Å²) in [5, 5.41) is 0.765. The van der Waals surface area contributed by atoms with Gasteiger partial charge in [0.05, 0.1) is 10.6 Å². The van der Waals surface area contributed by atoms with Gasteiger partial charge < -0.3 is 9.15 Å². The van der Waals surface area contributed by atoms with Crippen LogP contribution in [0.2, 0.25) is 5.02 Å². The predicted molar refractivity (Wildman–Crippen MR) is 112 cm³/mol. The number of hydrogen-bond donors (Lipinski definition) is 0. The molecule has 0 amide bonds. The van der Waals surface area contributed by atoms with Crippen molar-refractivity contribution in [1.29, 1.82) is 0 Å². The van der Waals surface area contributed by atoms with E-state index in [0.717, 1.165) is 23.8 Å². The van der Waals surface area contributed by atoms with Gasteiger partial charge in [0, 0.05) is 30.6 Å². The van der Waals surface area contributed by atoms with E-state index in [1.54, 1.807) is 19.1 Å². The zero-order valence-electron chi connectivity index (χ0n) is 16.1. The van der Waals surface area contributed by atoms with Crippen LogP contribution in [-0.2, 0) is 10.0 Å². The lowest BCUT2D eigenvalue weighted by atomic mass is 10.1. The summed E-state index contributed by atoms with van der Waals surface area (Å²) >= 11 is 6.12. The molecule has 0 spiro atoms. The van der Waals surface area contributed by atoms with E-state index in [1.165, 1.54) is 34.6 Å². The van der Waals surface area contributed by atoms with Crippen molar-refractivity contribution in [2.75, 3.05) is 13.1 Å². The highest BCUT2D eigenvalue weighted by molar-refractivity contribution is 7.89. The van der Waals surface area contributed by atoms with E-state index in [9.17, 15) is 18.0 Å². The average Bonchev–Trinajstić information content (AvgIpc) is 3.23. The minimum Gasteiger partial charge on any atom is -0.423 e. The Morgan fingerprint density at radius 1 is 1.10 bits per heavy atom. The number of halogens is 1. The summed E-state index contributed by atoms with van der Waals surface area (Å²) in [4.78, 5) is 24.1. The third kappa shape index (κ3) is 3.86. The molecular formula is C21H18ClNO6S. The van der Waals surface area contributed by atoms with Crippen molar-refractivity contribution >= 4 is 38.6 Å². The van der Waals surface area contributed by atoms with Crippen LogP contribution in [0.15, 0.2) is 56.6 Å². The van der Waals surface area contributed by atoms with Gasteiger partial charge in [0.25, 0.3) is 0 Å². The molecule has 2 aromatic carbocycles. The number of rotatable bonds is 4. The van der Waals surface area contributed by atoms with Crippen LogP contribution in [0.5, 0.6) is 5.75 Å². The molecule has 7 nitrogen and oxygen atoms in total. The first-order valence-electron chi connectivity index (χ1n) is 9.32. The lowest BCUT2D eigenvalue weighted by Crippen LogP contribution is -2.28. The Hall–Kier alpha value is -2.68. The largest absolute Gasteiger partial charge is 0.423 e. The quantitative estimate of drug-likeness (QED) is 0.343. The summed E-state index contributed by atoms with van der Waals surface area (Å²) in [5.74, 6) is -0.584. The zero-order valence-corrected chi connectivity index (χ0v) is 17.6. The van der Waals surface area contributed by atoms with Gasteiger partial charge >= 0.3 is 11.6 Å². The number of hydrogen-bond acceptors (Lipinski definition) is 6. The minimum absolute atomic E-state index is 0.0430. The number of ether oxygens (including phenoxy) is 1. The summed E-state index contributed by atoms with van der Waals surface area (Å²) in [7, 11) is -3.79. The normalized spacial score (nSPS) is 14.9. The van der Waals surface area contributed by atoms with E-state index >= 15 is 0 Å². The third-order valence-corrected chi connectivity index (χ3v) is 7.36. The molecule has 3 aromatic rings. The van der Waals surface area contributed by atoms with Gasteiger partial charge in [-0.2, -0.15) is 4.31 Å². The summed E-state index contributed by atoms with van der Waals surface area (Å²) in [6.07, 6.45) is 1.58. The topological polar surface area (TPSA) is 93.9 Å². The number of carbonyl (C=O) groups excluding carboxylic acids is 1. The first kappa shape index (κ1) is 20.6. The number of aryl methyl sites for hydroxylation is 1. The number of sulfonamides is 1. The Morgan fingerprint density at radius 3 is 2.57 bits per heavy atom. The molecule has 1 aliphatic heterocycles. The van der Waals surface area contributed by atoms with Gasteiger partial charge in [-0.05, 0) is 55.7 Å². The number of esters is 1. The minimum atomic E-state index is -3.79. The Bertz CT molecular complexity index is 1310. The Kier molecular flexibility index (Phi) is 5.40. The SMILES string of the molecule is Cc1cc(=O)oc2cc(OC(=O)c3ccc(Cl)c(S(=O)(=O)N4CCCC4)c3)ccc12. The lowest BCUT2D eigenvalue weighted by Gasteiger charge is -2.17. The van der Waals surface area contributed by atoms with Crippen LogP contribution in [0, 0.1) is 6.92 Å². The van der Waals surface area contributed by atoms with E-state index in [1.807, 2.05) is 0 Å². The number of nitrogens with zero attached hydrogens (tertiary/aromatic N) is 1. The van der Waals surface area contributed by atoms with Crippen molar-refractivity contribution in [2.24, 2.45) is 0 Å². The molecule has 0 aliphatic carbocycles. The first-order chi connectivity index (χ1) is 14.3.